The van der Waals surface area contributed by atoms with Crippen LogP contribution < -0.4 is 0 Å². The summed E-state index contributed by atoms with van der Waals surface area (Å²) in [5.41, 5.74) is 0.406. The summed E-state index contributed by atoms with van der Waals surface area (Å²) in [7, 11) is 0. The second-order valence-electron chi connectivity index (χ2n) is 3.64. The van der Waals surface area contributed by atoms with E-state index in [0.29, 0.717) is 5.56 Å². The zero-order valence-corrected chi connectivity index (χ0v) is 9.78. The third-order valence-electron chi connectivity index (χ3n) is 1.94. The first-order valence-electron chi connectivity index (χ1n) is 4.78. The van der Waals surface area contributed by atoms with E-state index in [0.717, 1.165) is 0 Å². The second kappa shape index (κ2) is 5.18. The Bertz CT molecular complexity index is 401. The summed E-state index contributed by atoms with van der Waals surface area (Å²) in [4.78, 5) is 10.8. The molecule has 1 aromatic rings. The summed E-state index contributed by atoms with van der Waals surface area (Å²) >= 11 is 5.71. The van der Waals surface area contributed by atoms with Crippen LogP contribution in [-0.4, -0.2) is 22.3 Å². The first-order valence-corrected chi connectivity index (χ1v) is 5.16. The Morgan fingerprint density at radius 3 is 2.62 bits per heavy atom. The van der Waals surface area contributed by atoms with Crippen LogP contribution in [0.5, 0.6) is 5.75 Å². The highest BCUT2D eigenvalue weighted by Crippen LogP contribution is 2.29. The molecule has 0 unspecified atom stereocenters. The van der Waals surface area contributed by atoms with Gasteiger partial charge < -0.3 is 14.9 Å². The predicted octanol–water partition coefficient (Wildman–Crippen LogP) is 2.67. The van der Waals surface area contributed by atoms with E-state index < -0.39 is 11.7 Å². The molecule has 16 heavy (non-hydrogen) atoms. The largest absolute Gasteiger partial charge is 0.505 e. The summed E-state index contributed by atoms with van der Waals surface area (Å²) < 4.78 is 5.32. The molecule has 0 fully saturated rings. The highest BCUT2D eigenvalue weighted by molar-refractivity contribution is 6.32. The molecule has 0 saturated heterocycles. The quantitative estimate of drug-likeness (QED) is 0.855. The summed E-state index contributed by atoms with van der Waals surface area (Å²) in [6, 6.07) is 2.84. The standard InChI is InChI=1S/C11H13ClO4/c1-6(2)16-5-7-3-8(11(14)15)10(13)9(12)4-7/h3-4,6,13H,5H2,1-2H3,(H,14,15). The molecular weight excluding hydrogens is 232 g/mol. The minimum atomic E-state index is -1.22. The molecule has 0 bridgehead atoms. The van der Waals surface area contributed by atoms with Crippen LogP contribution in [-0.2, 0) is 11.3 Å². The van der Waals surface area contributed by atoms with Crippen molar-refractivity contribution in [3.63, 3.8) is 0 Å². The van der Waals surface area contributed by atoms with Crippen LogP contribution in [0.25, 0.3) is 0 Å². The van der Waals surface area contributed by atoms with Crippen molar-refractivity contribution >= 4 is 17.6 Å². The molecule has 1 aromatic carbocycles. The third-order valence-corrected chi connectivity index (χ3v) is 2.23. The smallest absolute Gasteiger partial charge is 0.339 e. The minimum absolute atomic E-state index is 0.0160. The van der Waals surface area contributed by atoms with Gasteiger partial charge in [-0.05, 0) is 31.5 Å². The number of aromatic carboxylic acids is 1. The maximum atomic E-state index is 10.8. The number of hydrogen-bond donors (Lipinski definition) is 2. The fraction of sp³-hybridized carbons (Fsp3) is 0.364. The van der Waals surface area contributed by atoms with Crippen molar-refractivity contribution in [3.05, 3.63) is 28.3 Å². The van der Waals surface area contributed by atoms with Gasteiger partial charge in [0.05, 0.1) is 17.7 Å². The van der Waals surface area contributed by atoms with E-state index >= 15 is 0 Å². The van der Waals surface area contributed by atoms with Gasteiger partial charge in [0.15, 0.2) is 0 Å². The zero-order chi connectivity index (χ0) is 12.3. The van der Waals surface area contributed by atoms with Gasteiger partial charge in [0, 0.05) is 0 Å². The van der Waals surface area contributed by atoms with E-state index in [-0.39, 0.29) is 23.3 Å². The number of ether oxygens (including phenoxy) is 1. The van der Waals surface area contributed by atoms with Crippen LogP contribution in [0.15, 0.2) is 12.1 Å². The SMILES string of the molecule is CC(C)OCc1cc(Cl)c(O)c(C(=O)O)c1. The molecule has 4 nitrogen and oxygen atoms in total. The van der Waals surface area contributed by atoms with Gasteiger partial charge in [-0.15, -0.1) is 0 Å². The fourth-order valence-electron chi connectivity index (χ4n) is 1.16. The van der Waals surface area contributed by atoms with Crippen molar-refractivity contribution in [2.75, 3.05) is 0 Å². The van der Waals surface area contributed by atoms with E-state index in [9.17, 15) is 9.90 Å². The number of halogens is 1. The van der Waals surface area contributed by atoms with Gasteiger partial charge in [0.2, 0.25) is 0 Å². The molecule has 0 atom stereocenters. The van der Waals surface area contributed by atoms with E-state index in [4.69, 9.17) is 21.4 Å². The molecule has 88 valence electrons. The van der Waals surface area contributed by atoms with Gasteiger partial charge in [-0.2, -0.15) is 0 Å². The van der Waals surface area contributed by atoms with Crippen molar-refractivity contribution < 1.29 is 19.7 Å². The topological polar surface area (TPSA) is 66.8 Å². The van der Waals surface area contributed by atoms with Crippen LogP contribution >= 0.6 is 11.6 Å². The normalized spacial score (nSPS) is 10.8. The van der Waals surface area contributed by atoms with Crippen molar-refractivity contribution in [1.29, 1.82) is 0 Å². The molecule has 5 heteroatoms. The molecule has 0 amide bonds. The Labute approximate surface area is 98.4 Å². The number of hydrogen-bond acceptors (Lipinski definition) is 3. The lowest BCUT2D eigenvalue weighted by Gasteiger charge is -2.09. The first kappa shape index (κ1) is 12.8. The van der Waals surface area contributed by atoms with Crippen LogP contribution in [0.4, 0.5) is 0 Å². The van der Waals surface area contributed by atoms with Crippen LogP contribution in [0.2, 0.25) is 5.02 Å². The molecule has 2 N–H and O–H groups in total. The van der Waals surface area contributed by atoms with Crippen LogP contribution in [0.3, 0.4) is 0 Å². The molecule has 0 radical (unpaired) electrons. The van der Waals surface area contributed by atoms with Crippen LogP contribution in [0.1, 0.15) is 29.8 Å². The monoisotopic (exact) mass is 244 g/mol. The Balaban J connectivity index is 3.00. The van der Waals surface area contributed by atoms with Crippen molar-refractivity contribution in [2.45, 2.75) is 26.6 Å². The number of aromatic hydroxyl groups is 1. The molecule has 0 saturated carbocycles. The van der Waals surface area contributed by atoms with Crippen molar-refractivity contribution in [2.24, 2.45) is 0 Å². The maximum absolute atomic E-state index is 10.8. The molecule has 0 aliphatic carbocycles. The Kier molecular flexibility index (Phi) is 4.15. The molecular formula is C11H13ClO4. The second-order valence-corrected chi connectivity index (χ2v) is 4.05. The first-order chi connectivity index (χ1) is 7.41. The number of rotatable bonds is 4. The third kappa shape index (κ3) is 3.12. The summed E-state index contributed by atoms with van der Waals surface area (Å²) in [6.45, 7) is 4.01. The number of carboxylic acid groups (broad SMARTS) is 1. The molecule has 0 spiro atoms. The van der Waals surface area contributed by atoms with Crippen molar-refractivity contribution in [3.8, 4) is 5.75 Å². The number of benzene rings is 1. The van der Waals surface area contributed by atoms with Crippen LogP contribution in [0, 0.1) is 0 Å². The Morgan fingerprint density at radius 1 is 1.50 bits per heavy atom. The van der Waals surface area contributed by atoms with Gasteiger partial charge in [0.25, 0.3) is 0 Å². The van der Waals surface area contributed by atoms with Gasteiger partial charge in [0.1, 0.15) is 11.3 Å². The molecule has 0 heterocycles. The highest BCUT2D eigenvalue weighted by atomic mass is 35.5. The summed E-state index contributed by atoms with van der Waals surface area (Å²) in [6.07, 6.45) is 0.0425. The van der Waals surface area contributed by atoms with Crippen molar-refractivity contribution in [1.82, 2.24) is 0 Å². The number of phenols is 1. The summed E-state index contributed by atoms with van der Waals surface area (Å²) in [5, 5.41) is 18.3. The number of carboxylic acids is 1. The highest BCUT2D eigenvalue weighted by Gasteiger charge is 2.14. The van der Waals surface area contributed by atoms with Gasteiger partial charge >= 0.3 is 5.97 Å². The van der Waals surface area contributed by atoms with E-state index in [1.165, 1.54) is 12.1 Å². The average Bonchev–Trinajstić information content (AvgIpc) is 2.19. The Hall–Kier alpha value is -1.26. The lowest BCUT2D eigenvalue weighted by molar-refractivity contribution is 0.0652. The molecule has 1 rings (SSSR count). The lowest BCUT2D eigenvalue weighted by atomic mass is 10.1. The number of carbonyl (C=O) groups is 1. The van der Waals surface area contributed by atoms with Gasteiger partial charge in [-0.1, -0.05) is 11.6 Å². The zero-order valence-electron chi connectivity index (χ0n) is 9.03. The lowest BCUT2D eigenvalue weighted by Crippen LogP contribution is -2.04. The van der Waals surface area contributed by atoms with Gasteiger partial charge in [-0.3, -0.25) is 0 Å². The van der Waals surface area contributed by atoms with E-state index in [2.05, 4.69) is 0 Å². The maximum Gasteiger partial charge on any atom is 0.339 e. The summed E-state index contributed by atoms with van der Waals surface area (Å²) in [5.74, 6) is -1.63. The van der Waals surface area contributed by atoms with Gasteiger partial charge in [-0.25, -0.2) is 4.79 Å². The fourth-order valence-corrected chi connectivity index (χ4v) is 1.41. The molecule has 0 aliphatic rings. The average molecular weight is 245 g/mol. The van der Waals surface area contributed by atoms with E-state index in [1.54, 1.807) is 0 Å². The predicted molar refractivity (Wildman–Crippen MR) is 60.0 cm³/mol. The molecule has 0 aliphatic heterocycles. The van der Waals surface area contributed by atoms with E-state index in [1.807, 2.05) is 13.8 Å². The molecule has 0 aromatic heterocycles. The Morgan fingerprint density at radius 2 is 2.12 bits per heavy atom. The minimum Gasteiger partial charge on any atom is -0.505 e.